The first-order valence-corrected chi connectivity index (χ1v) is 4.59. The molecule has 1 fully saturated rings. The van der Waals surface area contributed by atoms with Gasteiger partial charge in [-0.2, -0.15) is 5.21 Å². The maximum atomic E-state index is 11.5. The van der Waals surface area contributed by atoms with Gasteiger partial charge in [0, 0.05) is 20.2 Å². The number of nitrogens with zero attached hydrogens (tertiary/aromatic N) is 3. The highest BCUT2D eigenvalue weighted by molar-refractivity contribution is 5.90. The average molecular weight is 212 g/mol. The normalized spacial score (nSPS) is 25.4. The molecule has 2 heterocycles. The van der Waals surface area contributed by atoms with Crippen LogP contribution in [-0.2, 0) is 4.74 Å². The second-order valence-electron chi connectivity index (χ2n) is 3.25. The molecule has 0 spiro atoms. The van der Waals surface area contributed by atoms with Crippen molar-refractivity contribution in [2.24, 2.45) is 0 Å². The molecule has 1 saturated heterocycles. The van der Waals surface area contributed by atoms with E-state index in [-0.39, 0.29) is 23.9 Å². The third kappa shape index (κ3) is 2.10. The Bertz CT molecular complexity index is 326. The van der Waals surface area contributed by atoms with Gasteiger partial charge in [0.2, 0.25) is 0 Å². The summed E-state index contributed by atoms with van der Waals surface area (Å²) in [5, 5.41) is 18.6. The largest absolute Gasteiger partial charge is 0.378 e. The fourth-order valence-corrected chi connectivity index (χ4v) is 1.54. The van der Waals surface area contributed by atoms with E-state index in [0.717, 1.165) is 6.54 Å². The Labute approximate surface area is 85.8 Å². The third-order valence-corrected chi connectivity index (χ3v) is 2.33. The number of H-pyrrole nitrogens is 1. The highest BCUT2D eigenvalue weighted by Gasteiger charge is 2.29. The van der Waals surface area contributed by atoms with Crippen LogP contribution in [0.3, 0.4) is 0 Å². The molecule has 3 N–H and O–H groups in total. The Morgan fingerprint density at radius 2 is 2.47 bits per heavy atom. The van der Waals surface area contributed by atoms with Crippen LogP contribution in [0, 0.1) is 0 Å². The Hall–Kier alpha value is -1.54. The van der Waals surface area contributed by atoms with E-state index < -0.39 is 0 Å². The van der Waals surface area contributed by atoms with E-state index in [9.17, 15) is 4.79 Å². The van der Waals surface area contributed by atoms with Gasteiger partial charge in [-0.15, -0.1) is 10.2 Å². The molecule has 1 aromatic heterocycles. The molecule has 0 radical (unpaired) electrons. The molecule has 0 bridgehead atoms. The van der Waals surface area contributed by atoms with Crippen LogP contribution in [-0.4, -0.2) is 58.9 Å². The number of carbonyl (C=O) groups is 1. The summed E-state index contributed by atoms with van der Waals surface area (Å²) in [6.07, 6.45) is -0.0131. The SMILES string of the molecule is CO[C@H]1CNCC1NC(=O)c1nn[nH]n1. The third-order valence-electron chi connectivity index (χ3n) is 2.33. The lowest BCUT2D eigenvalue weighted by atomic mass is 10.2. The summed E-state index contributed by atoms with van der Waals surface area (Å²) in [5.41, 5.74) is 0. The molecule has 1 aliphatic heterocycles. The summed E-state index contributed by atoms with van der Waals surface area (Å²) in [4.78, 5) is 11.5. The molecule has 15 heavy (non-hydrogen) atoms. The van der Waals surface area contributed by atoms with Gasteiger partial charge in [0.05, 0.1) is 12.1 Å². The zero-order valence-corrected chi connectivity index (χ0v) is 8.23. The quantitative estimate of drug-likeness (QED) is 0.531. The van der Waals surface area contributed by atoms with E-state index >= 15 is 0 Å². The molecule has 82 valence electrons. The Morgan fingerprint density at radius 3 is 3.13 bits per heavy atom. The highest BCUT2D eigenvalue weighted by atomic mass is 16.5. The molecular weight excluding hydrogens is 200 g/mol. The van der Waals surface area contributed by atoms with E-state index in [1.54, 1.807) is 7.11 Å². The first-order valence-electron chi connectivity index (χ1n) is 4.59. The number of ether oxygens (including phenoxy) is 1. The first kappa shape index (κ1) is 9.99. The molecule has 0 saturated carbocycles. The molecule has 1 aromatic rings. The summed E-state index contributed by atoms with van der Waals surface area (Å²) in [6.45, 7) is 1.41. The molecule has 2 atom stereocenters. The maximum absolute atomic E-state index is 11.5. The number of carbonyl (C=O) groups excluding carboxylic acids is 1. The Balaban J connectivity index is 1.94. The van der Waals surface area contributed by atoms with Gasteiger partial charge in [0.15, 0.2) is 0 Å². The van der Waals surface area contributed by atoms with Gasteiger partial charge in [-0.05, 0) is 5.21 Å². The predicted octanol–water partition coefficient (Wildman–Crippen LogP) is -2.08. The molecule has 0 aromatic carbocycles. The predicted molar refractivity (Wildman–Crippen MR) is 49.1 cm³/mol. The molecular formula is C7H12N6O2. The second-order valence-corrected chi connectivity index (χ2v) is 3.25. The molecule has 1 unspecified atom stereocenters. The van der Waals surface area contributed by atoms with Crippen molar-refractivity contribution in [3.8, 4) is 0 Å². The summed E-state index contributed by atoms with van der Waals surface area (Å²) in [6, 6.07) is -0.0546. The van der Waals surface area contributed by atoms with Crippen molar-refractivity contribution in [2.75, 3.05) is 20.2 Å². The van der Waals surface area contributed by atoms with Gasteiger partial charge in [-0.3, -0.25) is 4.79 Å². The van der Waals surface area contributed by atoms with Crippen molar-refractivity contribution in [1.29, 1.82) is 0 Å². The molecule has 2 rings (SSSR count). The summed E-state index contributed by atoms with van der Waals surface area (Å²) >= 11 is 0. The maximum Gasteiger partial charge on any atom is 0.293 e. The van der Waals surface area contributed by atoms with Gasteiger partial charge in [0.1, 0.15) is 0 Å². The van der Waals surface area contributed by atoms with Crippen molar-refractivity contribution in [1.82, 2.24) is 31.3 Å². The van der Waals surface area contributed by atoms with Crippen LogP contribution in [0.1, 0.15) is 10.6 Å². The minimum atomic E-state index is -0.348. The van der Waals surface area contributed by atoms with E-state index in [4.69, 9.17) is 4.74 Å². The monoisotopic (exact) mass is 212 g/mol. The topological polar surface area (TPSA) is 105 Å². The highest BCUT2D eigenvalue weighted by Crippen LogP contribution is 2.03. The summed E-state index contributed by atoms with van der Waals surface area (Å²) in [7, 11) is 1.62. The summed E-state index contributed by atoms with van der Waals surface area (Å²) in [5.74, 6) is -0.309. The summed E-state index contributed by atoms with van der Waals surface area (Å²) < 4.78 is 5.20. The number of tetrazole rings is 1. The van der Waals surface area contributed by atoms with Crippen molar-refractivity contribution < 1.29 is 9.53 Å². The molecule has 8 nitrogen and oxygen atoms in total. The molecule has 8 heteroatoms. The fourth-order valence-electron chi connectivity index (χ4n) is 1.54. The number of nitrogens with one attached hydrogen (secondary N) is 3. The number of aromatic amines is 1. The van der Waals surface area contributed by atoms with Crippen LogP contribution < -0.4 is 10.6 Å². The van der Waals surface area contributed by atoms with Crippen molar-refractivity contribution in [3.05, 3.63) is 5.82 Å². The number of hydrogen-bond donors (Lipinski definition) is 3. The lowest BCUT2D eigenvalue weighted by Gasteiger charge is -2.17. The zero-order valence-electron chi connectivity index (χ0n) is 8.23. The minimum Gasteiger partial charge on any atom is -0.378 e. The fraction of sp³-hybridized carbons (Fsp3) is 0.714. The minimum absolute atomic E-state index is 0.0131. The van der Waals surface area contributed by atoms with Gasteiger partial charge >= 0.3 is 0 Å². The molecule has 1 aliphatic rings. The van der Waals surface area contributed by atoms with E-state index in [2.05, 4.69) is 31.3 Å². The Kier molecular flexibility index (Phi) is 2.88. The lowest BCUT2D eigenvalue weighted by Crippen LogP contribution is -2.43. The van der Waals surface area contributed by atoms with Gasteiger partial charge in [-0.25, -0.2) is 0 Å². The van der Waals surface area contributed by atoms with E-state index in [0.29, 0.717) is 6.54 Å². The smallest absolute Gasteiger partial charge is 0.293 e. The first-order chi connectivity index (χ1) is 7.31. The van der Waals surface area contributed by atoms with Crippen molar-refractivity contribution in [3.63, 3.8) is 0 Å². The average Bonchev–Trinajstić information content (AvgIpc) is 2.87. The standard InChI is InChI=1S/C7H12N6O2/c1-15-5-3-8-2-4(5)9-7(14)6-10-12-13-11-6/h4-5,8H,2-3H2,1H3,(H,9,14)(H,10,11,12,13)/t4?,5-/m0/s1. The van der Waals surface area contributed by atoms with Gasteiger partial charge in [0.25, 0.3) is 11.7 Å². The van der Waals surface area contributed by atoms with Crippen LogP contribution in [0.15, 0.2) is 0 Å². The van der Waals surface area contributed by atoms with Crippen LogP contribution in [0.25, 0.3) is 0 Å². The number of rotatable bonds is 3. The second kappa shape index (κ2) is 4.32. The molecule has 0 aliphatic carbocycles. The van der Waals surface area contributed by atoms with Gasteiger partial charge < -0.3 is 15.4 Å². The lowest BCUT2D eigenvalue weighted by molar-refractivity contribution is 0.0772. The van der Waals surface area contributed by atoms with E-state index in [1.165, 1.54) is 0 Å². The number of hydrogen-bond acceptors (Lipinski definition) is 6. The van der Waals surface area contributed by atoms with Crippen molar-refractivity contribution >= 4 is 5.91 Å². The number of methoxy groups -OCH3 is 1. The number of amides is 1. The van der Waals surface area contributed by atoms with Gasteiger partial charge in [-0.1, -0.05) is 0 Å². The Morgan fingerprint density at radius 1 is 1.60 bits per heavy atom. The van der Waals surface area contributed by atoms with Crippen molar-refractivity contribution in [2.45, 2.75) is 12.1 Å². The van der Waals surface area contributed by atoms with Crippen LogP contribution in [0.2, 0.25) is 0 Å². The number of aromatic nitrogens is 4. The van der Waals surface area contributed by atoms with Crippen LogP contribution in [0.5, 0.6) is 0 Å². The van der Waals surface area contributed by atoms with Crippen LogP contribution in [0.4, 0.5) is 0 Å². The zero-order chi connectivity index (χ0) is 10.7. The van der Waals surface area contributed by atoms with Crippen LogP contribution >= 0.6 is 0 Å². The van der Waals surface area contributed by atoms with E-state index in [1.807, 2.05) is 0 Å². The molecule has 1 amide bonds.